The smallest absolute Gasteiger partial charge is 0.221 e. The number of nitrogens with one attached hydrogen (secondary N) is 1. The lowest BCUT2D eigenvalue weighted by Gasteiger charge is -2.32. The molecule has 0 aromatic carbocycles. The second-order valence-corrected chi connectivity index (χ2v) is 5.89. The molecule has 0 spiro atoms. The predicted octanol–water partition coefficient (Wildman–Crippen LogP) is 3.06. The number of aromatic nitrogens is 2. The molecule has 0 aliphatic heterocycles. The average Bonchev–Trinajstić information content (AvgIpc) is 2.29. The molecular formula is C12H19BrN4. The lowest BCUT2D eigenvalue weighted by atomic mass is 9.79. The number of rotatable bonds is 2. The average molecular weight is 299 g/mol. The molecule has 0 bridgehead atoms. The molecule has 0 radical (unpaired) electrons. The number of hydrogen-bond donors (Lipinski definition) is 2. The summed E-state index contributed by atoms with van der Waals surface area (Å²) in [6, 6.07) is 0.492. The lowest BCUT2D eigenvalue weighted by molar-refractivity contribution is 0.260. The Balaban J connectivity index is 2.03. The first-order valence-electron chi connectivity index (χ1n) is 6.11. The minimum Gasteiger partial charge on any atom is -0.368 e. The van der Waals surface area contributed by atoms with Crippen molar-refractivity contribution in [3.05, 3.63) is 10.7 Å². The SMILES string of the molecule is CC1CCC(Nc2nc(N)ncc2Br)CC1C. The van der Waals surface area contributed by atoms with Crippen LogP contribution >= 0.6 is 15.9 Å². The minimum atomic E-state index is 0.313. The number of halogens is 1. The molecule has 1 aromatic rings. The molecule has 94 valence electrons. The van der Waals surface area contributed by atoms with Crippen molar-refractivity contribution in [2.45, 2.75) is 39.2 Å². The maximum Gasteiger partial charge on any atom is 0.221 e. The minimum absolute atomic E-state index is 0.313. The van der Waals surface area contributed by atoms with Crippen molar-refractivity contribution in [3.63, 3.8) is 0 Å². The number of anilines is 2. The lowest BCUT2D eigenvalue weighted by Crippen LogP contribution is -2.30. The Morgan fingerprint density at radius 1 is 1.35 bits per heavy atom. The van der Waals surface area contributed by atoms with Crippen LogP contribution in [-0.2, 0) is 0 Å². The summed E-state index contributed by atoms with van der Waals surface area (Å²) < 4.78 is 0.873. The molecule has 3 unspecified atom stereocenters. The van der Waals surface area contributed by atoms with E-state index in [1.165, 1.54) is 19.3 Å². The van der Waals surface area contributed by atoms with Crippen LogP contribution < -0.4 is 11.1 Å². The second-order valence-electron chi connectivity index (χ2n) is 5.03. The van der Waals surface area contributed by atoms with Gasteiger partial charge in [0.15, 0.2) is 0 Å². The van der Waals surface area contributed by atoms with Gasteiger partial charge in [0.2, 0.25) is 5.95 Å². The van der Waals surface area contributed by atoms with Crippen molar-refractivity contribution in [1.29, 1.82) is 0 Å². The number of nitrogens with zero attached hydrogens (tertiary/aromatic N) is 2. The fourth-order valence-corrected chi connectivity index (χ4v) is 2.66. The Morgan fingerprint density at radius 2 is 2.12 bits per heavy atom. The maximum atomic E-state index is 5.60. The molecule has 1 aromatic heterocycles. The van der Waals surface area contributed by atoms with E-state index >= 15 is 0 Å². The summed E-state index contributed by atoms with van der Waals surface area (Å²) in [7, 11) is 0. The van der Waals surface area contributed by atoms with E-state index in [4.69, 9.17) is 5.73 Å². The summed E-state index contributed by atoms with van der Waals surface area (Å²) in [6.07, 6.45) is 5.36. The fourth-order valence-electron chi connectivity index (χ4n) is 2.35. The highest BCUT2D eigenvalue weighted by molar-refractivity contribution is 9.10. The van der Waals surface area contributed by atoms with Crippen molar-refractivity contribution in [1.82, 2.24) is 9.97 Å². The van der Waals surface area contributed by atoms with Gasteiger partial charge in [0.25, 0.3) is 0 Å². The summed E-state index contributed by atoms with van der Waals surface area (Å²) in [6.45, 7) is 4.65. The summed E-state index contributed by atoms with van der Waals surface area (Å²) in [5.74, 6) is 2.71. The monoisotopic (exact) mass is 298 g/mol. The van der Waals surface area contributed by atoms with Gasteiger partial charge >= 0.3 is 0 Å². The van der Waals surface area contributed by atoms with Crippen LogP contribution in [-0.4, -0.2) is 16.0 Å². The molecule has 1 heterocycles. The van der Waals surface area contributed by atoms with Crippen LogP contribution in [0.2, 0.25) is 0 Å². The zero-order valence-electron chi connectivity index (χ0n) is 10.3. The molecule has 3 N–H and O–H groups in total. The van der Waals surface area contributed by atoms with Gasteiger partial charge in [-0.2, -0.15) is 4.98 Å². The van der Waals surface area contributed by atoms with Gasteiger partial charge in [0.1, 0.15) is 5.82 Å². The van der Waals surface area contributed by atoms with Gasteiger partial charge in [-0.25, -0.2) is 4.98 Å². The molecule has 17 heavy (non-hydrogen) atoms. The maximum absolute atomic E-state index is 5.60. The van der Waals surface area contributed by atoms with Gasteiger partial charge in [0, 0.05) is 12.2 Å². The van der Waals surface area contributed by atoms with E-state index in [2.05, 4.69) is 45.1 Å². The Bertz CT molecular complexity index is 396. The molecule has 4 nitrogen and oxygen atoms in total. The van der Waals surface area contributed by atoms with Gasteiger partial charge in [-0.05, 0) is 47.0 Å². The molecule has 1 saturated carbocycles. The molecule has 1 fully saturated rings. The van der Waals surface area contributed by atoms with E-state index in [9.17, 15) is 0 Å². The van der Waals surface area contributed by atoms with E-state index in [0.29, 0.717) is 12.0 Å². The van der Waals surface area contributed by atoms with E-state index in [1.54, 1.807) is 6.20 Å². The van der Waals surface area contributed by atoms with Crippen molar-refractivity contribution >= 4 is 27.7 Å². The molecular weight excluding hydrogens is 280 g/mol. The second kappa shape index (κ2) is 5.21. The molecule has 0 saturated heterocycles. The number of hydrogen-bond acceptors (Lipinski definition) is 4. The van der Waals surface area contributed by atoms with Crippen LogP contribution in [0.15, 0.2) is 10.7 Å². The normalized spacial score (nSPS) is 29.0. The van der Waals surface area contributed by atoms with E-state index in [-0.39, 0.29) is 0 Å². The Hall–Kier alpha value is -0.840. The van der Waals surface area contributed by atoms with Gasteiger partial charge in [0.05, 0.1) is 4.47 Å². The highest BCUT2D eigenvalue weighted by atomic mass is 79.9. The van der Waals surface area contributed by atoms with Gasteiger partial charge in [-0.1, -0.05) is 13.8 Å². The van der Waals surface area contributed by atoms with Crippen molar-refractivity contribution < 1.29 is 0 Å². The van der Waals surface area contributed by atoms with Gasteiger partial charge in [-0.15, -0.1) is 0 Å². The van der Waals surface area contributed by atoms with Crippen LogP contribution in [0.25, 0.3) is 0 Å². The van der Waals surface area contributed by atoms with Crippen molar-refractivity contribution in [3.8, 4) is 0 Å². The quantitative estimate of drug-likeness (QED) is 0.881. The largest absolute Gasteiger partial charge is 0.368 e. The van der Waals surface area contributed by atoms with Crippen LogP contribution in [0, 0.1) is 11.8 Å². The van der Waals surface area contributed by atoms with E-state index < -0.39 is 0 Å². The molecule has 1 aliphatic carbocycles. The Morgan fingerprint density at radius 3 is 2.82 bits per heavy atom. The van der Waals surface area contributed by atoms with E-state index in [1.807, 2.05) is 0 Å². The Kier molecular flexibility index (Phi) is 3.86. The van der Waals surface area contributed by atoms with Crippen LogP contribution in [0.4, 0.5) is 11.8 Å². The first-order valence-corrected chi connectivity index (χ1v) is 6.90. The molecule has 3 atom stereocenters. The highest BCUT2D eigenvalue weighted by Gasteiger charge is 2.25. The van der Waals surface area contributed by atoms with Crippen LogP contribution in [0.5, 0.6) is 0 Å². The topological polar surface area (TPSA) is 63.8 Å². The summed E-state index contributed by atoms with van der Waals surface area (Å²) >= 11 is 3.44. The third-order valence-electron chi connectivity index (χ3n) is 3.70. The summed E-state index contributed by atoms with van der Waals surface area (Å²) in [5, 5.41) is 3.46. The molecule has 2 rings (SSSR count). The molecule has 0 amide bonds. The van der Waals surface area contributed by atoms with Crippen molar-refractivity contribution in [2.75, 3.05) is 11.1 Å². The first-order chi connectivity index (χ1) is 8.06. The van der Waals surface area contributed by atoms with Gasteiger partial charge in [-0.3, -0.25) is 0 Å². The van der Waals surface area contributed by atoms with Crippen LogP contribution in [0.1, 0.15) is 33.1 Å². The third kappa shape index (κ3) is 3.09. The Labute approximate surface area is 111 Å². The number of nitrogens with two attached hydrogens (primary N) is 1. The van der Waals surface area contributed by atoms with Crippen LogP contribution in [0.3, 0.4) is 0 Å². The standard InChI is InChI=1S/C12H19BrN4/c1-7-3-4-9(5-8(7)2)16-11-10(13)6-15-12(14)17-11/h6-9H,3-5H2,1-2H3,(H3,14,15,16,17). The predicted molar refractivity (Wildman–Crippen MR) is 73.7 cm³/mol. The first kappa shape index (κ1) is 12.6. The zero-order valence-corrected chi connectivity index (χ0v) is 11.9. The summed E-state index contributed by atoms with van der Waals surface area (Å²) in [4.78, 5) is 8.16. The highest BCUT2D eigenvalue weighted by Crippen LogP contribution is 2.32. The third-order valence-corrected chi connectivity index (χ3v) is 4.28. The summed E-state index contributed by atoms with van der Waals surface area (Å²) in [5.41, 5.74) is 5.60. The fraction of sp³-hybridized carbons (Fsp3) is 0.667. The number of nitrogen functional groups attached to an aromatic ring is 1. The zero-order chi connectivity index (χ0) is 12.4. The molecule has 5 heteroatoms. The molecule has 1 aliphatic rings. The van der Waals surface area contributed by atoms with E-state index in [0.717, 1.165) is 22.1 Å². The van der Waals surface area contributed by atoms with Gasteiger partial charge < -0.3 is 11.1 Å². The van der Waals surface area contributed by atoms with Crippen molar-refractivity contribution in [2.24, 2.45) is 11.8 Å².